The summed E-state index contributed by atoms with van der Waals surface area (Å²) in [6, 6.07) is 18.9. The maximum atomic E-state index is 12.9. The highest BCUT2D eigenvalue weighted by Crippen LogP contribution is 2.41. The Bertz CT molecular complexity index is 1060. The Morgan fingerprint density at radius 1 is 0.964 bits per heavy atom. The van der Waals surface area contributed by atoms with Gasteiger partial charge in [0.1, 0.15) is 5.76 Å². The Morgan fingerprint density at radius 2 is 1.68 bits per heavy atom. The molecule has 1 N–H and O–H groups in total. The third kappa shape index (κ3) is 2.97. The van der Waals surface area contributed by atoms with E-state index in [1.54, 1.807) is 60.9 Å². The van der Waals surface area contributed by atoms with Crippen molar-refractivity contribution < 1.29 is 14.7 Å². The van der Waals surface area contributed by atoms with Gasteiger partial charge in [0.25, 0.3) is 11.7 Å². The highest BCUT2D eigenvalue weighted by atomic mass is 16.3. The summed E-state index contributed by atoms with van der Waals surface area (Å²) in [6.45, 7) is 1.94. The minimum Gasteiger partial charge on any atom is -0.507 e. The Hall–Kier alpha value is -3.73. The third-order valence-electron chi connectivity index (χ3n) is 4.80. The van der Waals surface area contributed by atoms with Gasteiger partial charge in [0.05, 0.1) is 11.6 Å². The lowest BCUT2D eigenvalue weighted by atomic mass is 9.96. The molecule has 4 rings (SSSR count). The van der Waals surface area contributed by atoms with E-state index in [1.165, 1.54) is 4.90 Å². The summed E-state index contributed by atoms with van der Waals surface area (Å²) in [5.74, 6) is -1.57. The number of Topliss-reactive ketones (excluding diaryl/α,β-unsaturated/α-hetero) is 1. The van der Waals surface area contributed by atoms with E-state index in [-0.39, 0.29) is 11.3 Å². The van der Waals surface area contributed by atoms with Gasteiger partial charge in [0, 0.05) is 23.6 Å². The molecular formula is C23H18N2O3. The maximum absolute atomic E-state index is 12.9. The molecule has 0 unspecified atom stereocenters. The number of aryl methyl sites for hydroxylation is 1. The second-order valence-electron chi connectivity index (χ2n) is 6.66. The number of aliphatic hydroxyl groups excluding tert-OH is 1. The van der Waals surface area contributed by atoms with E-state index in [2.05, 4.69) is 4.98 Å². The fourth-order valence-corrected chi connectivity index (χ4v) is 3.41. The second-order valence-corrected chi connectivity index (χ2v) is 6.66. The first kappa shape index (κ1) is 17.7. The van der Waals surface area contributed by atoms with Gasteiger partial charge in [0.2, 0.25) is 0 Å². The van der Waals surface area contributed by atoms with Gasteiger partial charge in [-0.1, -0.05) is 54.1 Å². The van der Waals surface area contributed by atoms with Crippen molar-refractivity contribution in [1.29, 1.82) is 0 Å². The first-order valence-electron chi connectivity index (χ1n) is 8.91. The van der Waals surface area contributed by atoms with Crippen LogP contribution in [0.4, 0.5) is 5.69 Å². The summed E-state index contributed by atoms with van der Waals surface area (Å²) in [4.78, 5) is 31.4. The van der Waals surface area contributed by atoms with E-state index >= 15 is 0 Å². The Labute approximate surface area is 162 Å². The highest BCUT2D eigenvalue weighted by molar-refractivity contribution is 6.51. The summed E-state index contributed by atoms with van der Waals surface area (Å²) in [6.07, 6.45) is 3.23. The number of anilines is 1. The van der Waals surface area contributed by atoms with Gasteiger partial charge in [-0.3, -0.25) is 19.5 Å². The Kier molecular flexibility index (Phi) is 4.49. The zero-order valence-electron chi connectivity index (χ0n) is 15.2. The molecule has 3 aromatic rings. The zero-order valence-corrected chi connectivity index (χ0v) is 15.2. The molecule has 1 aliphatic rings. The number of carbonyl (C=O) groups excluding carboxylic acids is 2. The summed E-state index contributed by atoms with van der Waals surface area (Å²) in [5.41, 5.74) is 2.82. The topological polar surface area (TPSA) is 70.5 Å². The fourth-order valence-electron chi connectivity index (χ4n) is 3.41. The van der Waals surface area contributed by atoms with Crippen LogP contribution in [-0.2, 0) is 9.59 Å². The van der Waals surface area contributed by atoms with Gasteiger partial charge in [-0.05, 0) is 30.7 Å². The molecule has 0 radical (unpaired) electrons. The molecule has 1 fully saturated rings. The number of carbonyl (C=O) groups is 2. The highest BCUT2D eigenvalue weighted by Gasteiger charge is 2.46. The monoisotopic (exact) mass is 370 g/mol. The summed E-state index contributed by atoms with van der Waals surface area (Å²) < 4.78 is 0. The largest absolute Gasteiger partial charge is 0.507 e. The first-order chi connectivity index (χ1) is 13.6. The van der Waals surface area contributed by atoms with Crippen LogP contribution in [0.3, 0.4) is 0 Å². The molecule has 2 aromatic carbocycles. The third-order valence-corrected chi connectivity index (χ3v) is 4.80. The predicted molar refractivity (Wildman–Crippen MR) is 107 cm³/mol. The van der Waals surface area contributed by atoms with Gasteiger partial charge in [0.15, 0.2) is 0 Å². The smallest absolute Gasteiger partial charge is 0.300 e. The molecule has 0 aliphatic carbocycles. The molecule has 2 heterocycles. The average Bonchev–Trinajstić information content (AvgIpc) is 3.00. The van der Waals surface area contributed by atoms with E-state index in [9.17, 15) is 14.7 Å². The molecule has 5 nitrogen and oxygen atoms in total. The lowest BCUT2D eigenvalue weighted by Crippen LogP contribution is -2.29. The van der Waals surface area contributed by atoms with Crippen LogP contribution in [0.2, 0.25) is 0 Å². The number of rotatable bonds is 3. The van der Waals surface area contributed by atoms with Crippen molar-refractivity contribution in [1.82, 2.24) is 4.98 Å². The van der Waals surface area contributed by atoms with Gasteiger partial charge < -0.3 is 5.11 Å². The van der Waals surface area contributed by atoms with Crippen LogP contribution < -0.4 is 4.90 Å². The van der Waals surface area contributed by atoms with E-state index < -0.39 is 17.7 Å². The number of ketones is 1. The number of hydrogen-bond acceptors (Lipinski definition) is 4. The molecule has 5 heteroatoms. The standard InChI is InChI=1S/C23H18N2O3/c1-15-9-11-16(12-10-15)21(26)19-20(17-6-5-13-24-14-17)25(23(28)22(19)27)18-7-3-2-4-8-18/h2-14,20,26H,1H3/t20-/m0/s1. The average molecular weight is 370 g/mol. The van der Waals surface area contributed by atoms with Crippen molar-refractivity contribution in [3.05, 3.63) is 101 Å². The van der Waals surface area contributed by atoms with Crippen LogP contribution in [0.1, 0.15) is 22.7 Å². The van der Waals surface area contributed by atoms with E-state index in [1.807, 2.05) is 25.1 Å². The molecule has 1 saturated heterocycles. The number of aromatic nitrogens is 1. The molecule has 0 spiro atoms. The molecule has 1 aromatic heterocycles. The van der Waals surface area contributed by atoms with Crippen LogP contribution in [0.25, 0.3) is 5.76 Å². The minimum atomic E-state index is -0.752. The summed E-state index contributed by atoms with van der Waals surface area (Å²) in [5, 5.41) is 11.0. The van der Waals surface area contributed by atoms with Gasteiger partial charge >= 0.3 is 0 Å². The molecule has 1 amide bonds. The lowest BCUT2D eigenvalue weighted by molar-refractivity contribution is -0.132. The molecule has 28 heavy (non-hydrogen) atoms. The van der Waals surface area contributed by atoms with Gasteiger partial charge in [-0.25, -0.2) is 0 Å². The molecular weight excluding hydrogens is 352 g/mol. The van der Waals surface area contributed by atoms with E-state index in [4.69, 9.17) is 0 Å². The SMILES string of the molecule is Cc1ccc(C(O)=C2C(=O)C(=O)N(c3ccccc3)[C@H]2c2cccnc2)cc1. The molecule has 1 aliphatic heterocycles. The van der Waals surface area contributed by atoms with Crippen molar-refractivity contribution in [2.24, 2.45) is 0 Å². The van der Waals surface area contributed by atoms with Crippen molar-refractivity contribution in [3.63, 3.8) is 0 Å². The lowest BCUT2D eigenvalue weighted by Gasteiger charge is -2.25. The second kappa shape index (κ2) is 7.12. The number of hydrogen-bond donors (Lipinski definition) is 1. The maximum Gasteiger partial charge on any atom is 0.300 e. The zero-order chi connectivity index (χ0) is 19.7. The molecule has 0 bridgehead atoms. The van der Waals surface area contributed by atoms with Crippen LogP contribution in [0.15, 0.2) is 84.7 Å². The Balaban J connectivity index is 1.94. The van der Waals surface area contributed by atoms with Crippen LogP contribution in [-0.4, -0.2) is 21.8 Å². The Morgan fingerprint density at radius 3 is 2.32 bits per heavy atom. The van der Waals surface area contributed by atoms with Gasteiger partial charge in [-0.2, -0.15) is 0 Å². The number of pyridine rings is 1. The quantitative estimate of drug-likeness (QED) is 0.429. The van der Waals surface area contributed by atoms with Crippen molar-refractivity contribution >= 4 is 23.1 Å². The first-order valence-corrected chi connectivity index (χ1v) is 8.91. The van der Waals surface area contributed by atoms with Gasteiger partial charge in [-0.15, -0.1) is 0 Å². The van der Waals surface area contributed by atoms with Crippen LogP contribution >= 0.6 is 0 Å². The van der Waals surface area contributed by atoms with Crippen molar-refractivity contribution in [2.45, 2.75) is 13.0 Å². The van der Waals surface area contributed by atoms with Crippen LogP contribution in [0, 0.1) is 6.92 Å². The summed E-state index contributed by atoms with van der Waals surface area (Å²) in [7, 11) is 0. The minimum absolute atomic E-state index is 0.0608. The van der Waals surface area contributed by atoms with Crippen LogP contribution in [0.5, 0.6) is 0 Å². The molecule has 1 atom stereocenters. The number of aliphatic hydroxyl groups is 1. The van der Waals surface area contributed by atoms with Crippen molar-refractivity contribution in [3.8, 4) is 0 Å². The summed E-state index contributed by atoms with van der Waals surface area (Å²) >= 11 is 0. The van der Waals surface area contributed by atoms with E-state index in [0.717, 1.165) is 5.56 Å². The molecule has 138 valence electrons. The number of nitrogens with zero attached hydrogens (tertiary/aromatic N) is 2. The number of amides is 1. The number of benzene rings is 2. The fraction of sp³-hybridized carbons (Fsp3) is 0.0870. The van der Waals surface area contributed by atoms with E-state index in [0.29, 0.717) is 16.8 Å². The normalized spacial score (nSPS) is 18.5. The molecule has 0 saturated carbocycles. The number of para-hydroxylation sites is 1. The van der Waals surface area contributed by atoms with Crippen molar-refractivity contribution in [2.75, 3.05) is 4.90 Å². The predicted octanol–water partition coefficient (Wildman–Crippen LogP) is 4.02.